The van der Waals surface area contributed by atoms with Gasteiger partial charge < -0.3 is 19.4 Å². The van der Waals surface area contributed by atoms with Crippen molar-refractivity contribution in [3.05, 3.63) is 59.8 Å². The van der Waals surface area contributed by atoms with Gasteiger partial charge in [0.2, 0.25) is 5.91 Å². The molecule has 0 radical (unpaired) electrons. The van der Waals surface area contributed by atoms with Gasteiger partial charge in [-0.1, -0.05) is 18.2 Å². The Morgan fingerprint density at radius 2 is 1.97 bits per heavy atom. The van der Waals surface area contributed by atoms with E-state index in [1.54, 1.807) is 14.2 Å². The summed E-state index contributed by atoms with van der Waals surface area (Å²) in [6.07, 6.45) is 1.71. The number of fused-ring (bicyclic) bond motifs is 1. The largest absolute Gasteiger partial charge is 0.497 e. The van der Waals surface area contributed by atoms with Gasteiger partial charge in [-0.15, -0.1) is 0 Å². The molecule has 0 saturated carbocycles. The minimum absolute atomic E-state index is 0.0200. The van der Waals surface area contributed by atoms with E-state index in [1.807, 2.05) is 30.3 Å². The van der Waals surface area contributed by atoms with Crippen molar-refractivity contribution in [2.45, 2.75) is 44.9 Å². The molecule has 3 N–H and O–H groups in total. The van der Waals surface area contributed by atoms with Crippen molar-refractivity contribution in [1.29, 1.82) is 0 Å². The second-order valence-corrected chi connectivity index (χ2v) is 7.75. The van der Waals surface area contributed by atoms with Crippen LogP contribution in [0.25, 0.3) is 10.9 Å². The summed E-state index contributed by atoms with van der Waals surface area (Å²) in [4.78, 5) is 12.5. The number of hydrazine groups is 1. The maximum Gasteiger partial charge on any atom is 0.221 e. The number of carbonyl (C=O) groups excluding carboxylic acids is 1. The molecule has 1 aliphatic heterocycles. The second-order valence-electron chi connectivity index (χ2n) is 7.75. The standard InChI is InChI=1S/C24H30N4O3/c1-4-28-20-11-10-18(30-2)13-17(20)14-21(28)19-15-23(27-26-19)25-24(29)12-9-16-7-5-6-8-22(16)31-3/h5-8,10-11,13-14,19,23,26-27H,4,9,12,15H2,1-3H3,(H,25,29). The van der Waals surface area contributed by atoms with Crippen LogP contribution in [-0.4, -0.2) is 30.9 Å². The molecule has 0 spiro atoms. The molecule has 31 heavy (non-hydrogen) atoms. The SMILES string of the molecule is CCn1c(C2CC(NC(=O)CCc3ccccc3OC)NN2)cc2cc(OC)ccc21. The fourth-order valence-corrected chi connectivity index (χ4v) is 4.31. The van der Waals surface area contributed by atoms with Crippen LogP contribution in [-0.2, 0) is 17.8 Å². The molecule has 1 fully saturated rings. The molecule has 1 amide bonds. The number of aromatic nitrogens is 1. The fraction of sp³-hybridized carbons (Fsp3) is 0.375. The van der Waals surface area contributed by atoms with Gasteiger partial charge in [-0.3, -0.25) is 4.79 Å². The van der Waals surface area contributed by atoms with Gasteiger partial charge in [-0.2, -0.15) is 0 Å². The molecule has 164 valence electrons. The van der Waals surface area contributed by atoms with E-state index in [4.69, 9.17) is 9.47 Å². The van der Waals surface area contributed by atoms with Crippen molar-refractivity contribution in [2.24, 2.45) is 0 Å². The van der Waals surface area contributed by atoms with Gasteiger partial charge in [0, 0.05) is 36.0 Å². The summed E-state index contributed by atoms with van der Waals surface area (Å²) < 4.78 is 13.0. The number of rotatable bonds is 8. The molecule has 2 unspecified atom stereocenters. The monoisotopic (exact) mass is 422 g/mol. The average Bonchev–Trinajstić information content (AvgIpc) is 3.41. The zero-order valence-electron chi connectivity index (χ0n) is 18.3. The fourth-order valence-electron chi connectivity index (χ4n) is 4.31. The molecule has 4 rings (SSSR count). The average molecular weight is 423 g/mol. The molecular formula is C24H30N4O3. The minimum atomic E-state index is -0.118. The van der Waals surface area contributed by atoms with Crippen LogP contribution in [0.4, 0.5) is 0 Å². The Morgan fingerprint density at radius 3 is 2.74 bits per heavy atom. The van der Waals surface area contributed by atoms with Crippen molar-refractivity contribution in [1.82, 2.24) is 20.7 Å². The Labute approximate surface area is 182 Å². The summed E-state index contributed by atoms with van der Waals surface area (Å²) in [5, 5.41) is 4.25. The van der Waals surface area contributed by atoms with Gasteiger partial charge >= 0.3 is 0 Å². The van der Waals surface area contributed by atoms with Crippen LogP contribution in [0.5, 0.6) is 11.5 Å². The molecule has 1 aliphatic rings. The summed E-state index contributed by atoms with van der Waals surface area (Å²) in [5.74, 6) is 1.69. The van der Waals surface area contributed by atoms with Crippen LogP contribution in [0.1, 0.15) is 37.1 Å². The van der Waals surface area contributed by atoms with E-state index in [2.05, 4.69) is 45.9 Å². The topological polar surface area (TPSA) is 76.6 Å². The molecule has 0 bridgehead atoms. The predicted molar refractivity (Wildman–Crippen MR) is 121 cm³/mol. The molecule has 3 aromatic rings. The van der Waals surface area contributed by atoms with E-state index in [1.165, 1.54) is 11.2 Å². The first-order valence-corrected chi connectivity index (χ1v) is 10.7. The van der Waals surface area contributed by atoms with Gasteiger partial charge in [0.1, 0.15) is 11.5 Å². The molecule has 1 saturated heterocycles. The van der Waals surface area contributed by atoms with Gasteiger partial charge in [-0.05, 0) is 49.2 Å². The number of para-hydroxylation sites is 1. The Kier molecular flexibility index (Phi) is 6.44. The van der Waals surface area contributed by atoms with Crippen LogP contribution in [0.2, 0.25) is 0 Å². The van der Waals surface area contributed by atoms with Gasteiger partial charge in [0.15, 0.2) is 0 Å². The normalized spacial score (nSPS) is 18.3. The van der Waals surface area contributed by atoms with Crippen LogP contribution in [0, 0.1) is 0 Å². The molecule has 1 aromatic heterocycles. The lowest BCUT2D eigenvalue weighted by atomic mass is 10.1. The van der Waals surface area contributed by atoms with Crippen molar-refractivity contribution in [3.8, 4) is 11.5 Å². The smallest absolute Gasteiger partial charge is 0.221 e. The van der Waals surface area contributed by atoms with Crippen molar-refractivity contribution in [3.63, 3.8) is 0 Å². The number of hydrogen-bond donors (Lipinski definition) is 3. The van der Waals surface area contributed by atoms with E-state index in [-0.39, 0.29) is 18.1 Å². The number of benzene rings is 2. The highest BCUT2D eigenvalue weighted by Gasteiger charge is 2.28. The first kappa shape index (κ1) is 21.2. The molecule has 0 aliphatic carbocycles. The van der Waals surface area contributed by atoms with Crippen molar-refractivity contribution >= 4 is 16.8 Å². The highest BCUT2D eigenvalue weighted by molar-refractivity contribution is 5.83. The third-order valence-electron chi connectivity index (χ3n) is 5.87. The first-order chi connectivity index (χ1) is 15.1. The highest BCUT2D eigenvalue weighted by atomic mass is 16.5. The van der Waals surface area contributed by atoms with Crippen LogP contribution < -0.4 is 25.6 Å². The molecular weight excluding hydrogens is 392 g/mol. The second kappa shape index (κ2) is 9.41. The Morgan fingerprint density at radius 1 is 1.13 bits per heavy atom. The van der Waals surface area contributed by atoms with Crippen LogP contribution in [0.15, 0.2) is 48.5 Å². The summed E-state index contributed by atoms with van der Waals surface area (Å²) in [7, 11) is 3.33. The molecule has 2 heterocycles. The zero-order chi connectivity index (χ0) is 21.8. The number of ether oxygens (including phenoxy) is 2. The predicted octanol–water partition coefficient (Wildman–Crippen LogP) is 3.29. The van der Waals surface area contributed by atoms with Crippen LogP contribution in [0.3, 0.4) is 0 Å². The molecule has 2 aromatic carbocycles. The summed E-state index contributed by atoms with van der Waals surface area (Å²) in [5.41, 5.74) is 10.0. The van der Waals surface area contributed by atoms with Crippen molar-refractivity contribution < 1.29 is 14.3 Å². The molecule has 7 heteroatoms. The number of aryl methyl sites for hydroxylation is 2. The lowest BCUT2D eigenvalue weighted by molar-refractivity contribution is -0.121. The van der Waals surface area contributed by atoms with E-state index >= 15 is 0 Å². The van der Waals surface area contributed by atoms with E-state index in [0.717, 1.165) is 35.4 Å². The maximum atomic E-state index is 12.5. The number of hydrogen-bond acceptors (Lipinski definition) is 5. The molecule has 7 nitrogen and oxygen atoms in total. The number of nitrogens with one attached hydrogen (secondary N) is 3. The number of methoxy groups -OCH3 is 2. The third-order valence-corrected chi connectivity index (χ3v) is 5.87. The van der Waals surface area contributed by atoms with E-state index in [9.17, 15) is 4.79 Å². The Balaban J connectivity index is 1.38. The third kappa shape index (κ3) is 4.52. The lowest BCUT2D eigenvalue weighted by Crippen LogP contribution is -2.44. The summed E-state index contributed by atoms with van der Waals surface area (Å²) >= 11 is 0. The Hall–Kier alpha value is -3.03. The Bertz CT molecular complexity index is 1060. The number of nitrogens with zero attached hydrogens (tertiary/aromatic N) is 1. The van der Waals surface area contributed by atoms with Gasteiger partial charge in [0.05, 0.1) is 26.4 Å². The summed E-state index contributed by atoms with van der Waals surface area (Å²) in [6, 6.07) is 16.3. The maximum absolute atomic E-state index is 12.5. The summed E-state index contributed by atoms with van der Waals surface area (Å²) in [6.45, 7) is 3.02. The van der Waals surface area contributed by atoms with Crippen LogP contribution >= 0.6 is 0 Å². The lowest BCUT2D eigenvalue weighted by Gasteiger charge is -2.14. The van der Waals surface area contributed by atoms with E-state index < -0.39 is 0 Å². The number of carbonyl (C=O) groups is 1. The van der Waals surface area contributed by atoms with Gasteiger partial charge in [0.25, 0.3) is 0 Å². The number of amides is 1. The minimum Gasteiger partial charge on any atom is -0.497 e. The van der Waals surface area contributed by atoms with E-state index in [0.29, 0.717) is 12.8 Å². The van der Waals surface area contributed by atoms with Gasteiger partial charge in [-0.25, -0.2) is 10.9 Å². The quantitative estimate of drug-likeness (QED) is 0.519. The van der Waals surface area contributed by atoms with Crippen molar-refractivity contribution in [2.75, 3.05) is 14.2 Å². The highest BCUT2D eigenvalue weighted by Crippen LogP contribution is 2.30. The first-order valence-electron chi connectivity index (χ1n) is 10.7. The zero-order valence-corrected chi connectivity index (χ0v) is 18.3. The molecule has 2 atom stereocenters.